The standard InChI is InChI=1S/C11H18NO3P/c1-3-11(4-2,16(13,14)15)9-7-5-6-8-10(9)12/h5-8H,3-4,12H2,1-2H3,(H2,13,14,15). The molecule has 0 aromatic heterocycles. The number of para-hydroxylation sites is 1. The van der Waals surface area contributed by atoms with Gasteiger partial charge in [-0.2, -0.15) is 0 Å². The first kappa shape index (κ1) is 13.2. The highest BCUT2D eigenvalue weighted by atomic mass is 31.2. The summed E-state index contributed by atoms with van der Waals surface area (Å²) in [7, 11) is -4.24. The lowest BCUT2D eigenvalue weighted by atomic mass is 9.91. The first-order chi connectivity index (χ1) is 7.39. The molecule has 0 spiro atoms. The molecule has 5 heteroatoms. The summed E-state index contributed by atoms with van der Waals surface area (Å²) in [4.78, 5) is 19.1. The highest BCUT2D eigenvalue weighted by Gasteiger charge is 2.46. The van der Waals surface area contributed by atoms with E-state index in [0.29, 0.717) is 24.1 Å². The SMILES string of the molecule is CCC(CC)(c1ccccc1N)P(=O)(O)O. The molecular formula is C11H18NO3P. The highest BCUT2D eigenvalue weighted by Crippen LogP contribution is 2.61. The predicted molar refractivity (Wildman–Crippen MR) is 65.2 cm³/mol. The average Bonchev–Trinajstić information content (AvgIpc) is 2.21. The van der Waals surface area contributed by atoms with Crippen molar-refractivity contribution in [3.05, 3.63) is 29.8 Å². The molecule has 0 saturated heterocycles. The molecule has 0 aliphatic heterocycles. The summed E-state index contributed by atoms with van der Waals surface area (Å²) in [6.45, 7) is 3.55. The second-order valence-electron chi connectivity index (χ2n) is 3.87. The maximum atomic E-state index is 11.7. The van der Waals surface area contributed by atoms with Crippen LogP contribution >= 0.6 is 7.60 Å². The largest absolute Gasteiger partial charge is 0.398 e. The van der Waals surface area contributed by atoms with E-state index in [1.54, 1.807) is 38.1 Å². The van der Waals surface area contributed by atoms with Gasteiger partial charge in [-0.3, -0.25) is 4.57 Å². The van der Waals surface area contributed by atoms with Gasteiger partial charge in [-0.15, -0.1) is 0 Å². The van der Waals surface area contributed by atoms with Crippen LogP contribution in [-0.2, 0) is 9.72 Å². The summed E-state index contributed by atoms with van der Waals surface area (Å²) in [5, 5.41) is -1.15. The molecule has 0 fully saturated rings. The number of nitrogens with two attached hydrogens (primary N) is 1. The van der Waals surface area contributed by atoms with Crippen LogP contribution in [-0.4, -0.2) is 9.79 Å². The van der Waals surface area contributed by atoms with Crippen LogP contribution in [0.3, 0.4) is 0 Å². The van der Waals surface area contributed by atoms with Gasteiger partial charge in [0.15, 0.2) is 0 Å². The Bertz CT molecular complexity index is 409. The summed E-state index contributed by atoms with van der Waals surface area (Å²) in [6, 6.07) is 6.88. The van der Waals surface area contributed by atoms with Crippen LogP contribution in [0.4, 0.5) is 5.69 Å². The van der Waals surface area contributed by atoms with Crippen molar-refractivity contribution in [2.45, 2.75) is 31.8 Å². The van der Waals surface area contributed by atoms with Gasteiger partial charge in [0, 0.05) is 5.69 Å². The Balaban J connectivity index is 3.45. The number of nitrogen functional groups attached to an aromatic ring is 1. The summed E-state index contributed by atoms with van der Waals surface area (Å²) >= 11 is 0. The number of rotatable bonds is 4. The molecule has 0 radical (unpaired) electrons. The van der Waals surface area contributed by atoms with Crippen LogP contribution in [0.15, 0.2) is 24.3 Å². The van der Waals surface area contributed by atoms with Gasteiger partial charge in [0.2, 0.25) is 0 Å². The van der Waals surface area contributed by atoms with E-state index >= 15 is 0 Å². The third-order valence-corrected chi connectivity index (χ3v) is 5.18. The first-order valence-corrected chi connectivity index (χ1v) is 6.91. The van der Waals surface area contributed by atoms with Crippen molar-refractivity contribution >= 4 is 13.3 Å². The van der Waals surface area contributed by atoms with Crippen molar-refractivity contribution in [3.63, 3.8) is 0 Å². The molecule has 1 aromatic rings. The van der Waals surface area contributed by atoms with Crippen LogP contribution in [0.1, 0.15) is 32.3 Å². The molecule has 16 heavy (non-hydrogen) atoms. The van der Waals surface area contributed by atoms with Gasteiger partial charge in [0.1, 0.15) is 0 Å². The highest BCUT2D eigenvalue weighted by molar-refractivity contribution is 7.53. The Morgan fingerprint density at radius 1 is 1.25 bits per heavy atom. The molecule has 0 heterocycles. The lowest BCUT2D eigenvalue weighted by molar-refractivity contribution is 0.316. The smallest absolute Gasteiger partial charge is 0.336 e. The van der Waals surface area contributed by atoms with E-state index in [1.165, 1.54) is 0 Å². The van der Waals surface area contributed by atoms with Gasteiger partial charge in [0.25, 0.3) is 0 Å². The van der Waals surface area contributed by atoms with Gasteiger partial charge < -0.3 is 15.5 Å². The van der Waals surface area contributed by atoms with Crippen LogP contribution in [0.5, 0.6) is 0 Å². The average molecular weight is 243 g/mol. The van der Waals surface area contributed by atoms with Gasteiger partial charge in [-0.05, 0) is 24.5 Å². The molecule has 0 unspecified atom stereocenters. The topological polar surface area (TPSA) is 83.6 Å². The van der Waals surface area contributed by atoms with Crippen molar-refractivity contribution in [1.29, 1.82) is 0 Å². The summed E-state index contributed by atoms with van der Waals surface area (Å²) in [5.74, 6) is 0. The first-order valence-electron chi connectivity index (χ1n) is 5.29. The fraction of sp³-hybridized carbons (Fsp3) is 0.455. The van der Waals surface area contributed by atoms with Gasteiger partial charge >= 0.3 is 7.60 Å². The van der Waals surface area contributed by atoms with Crippen molar-refractivity contribution in [2.75, 3.05) is 5.73 Å². The molecule has 0 atom stereocenters. The van der Waals surface area contributed by atoms with E-state index in [2.05, 4.69) is 0 Å². The van der Waals surface area contributed by atoms with Crippen molar-refractivity contribution in [1.82, 2.24) is 0 Å². The van der Waals surface area contributed by atoms with Gasteiger partial charge in [0.05, 0.1) is 5.16 Å². The fourth-order valence-corrected chi connectivity index (χ4v) is 3.46. The number of benzene rings is 1. The quantitative estimate of drug-likeness (QED) is 0.560. The molecule has 4 nitrogen and oxygen atoms in total. The second kappa shape index (κ2) is 4.58. The molecule has 0 aliphatic rings. The minimum atomic E-state index is -4.24. The van der Waals surface area contributed by atoms with Gasteiger partial charge in [-0.1, -0.05) is 32.0 Å². The lowest BCUT2D eigenvalue weighted by Crippen LogP contribution is -2.25. The zero-order chi connectivity index (χ0) is 12.4. The fourth-order valence-electron chi connectivity index (χ4n) is 2.12. The molecule has 0 bridgehead atoms. The zero-order valence-corrected chi connectivity index (χ0v) is 10.4. The van der Waals surface area contributed by atoms with Crippen molar-refractivity contribution < 1.29 is 14.4 Å². The Kier molecular flexibility index (Phi) is 3.79. The monoisotopic (exact) mass is 243 g/mol. The Morgan fingerprint density at radius 2 is 1.75 bits per heavy atom. The molecular weight excluding hydrogens is 225 g/mol. The minimum absolute atomic E-state index is 0.363. The third kappa shape index (κ3) is 2.01. The Hall–Kier alpha value is -0.830. The van der Waals surface area contributed by atoms with Crippen molar-refractivity contribution in [3.8, 4) is 0 Å². The molecule has 0 amide bonds. The summed E-state index contributed by atoms with van der Waals surface area (Å²) in [5.41, 5.74) is 6.80. The van der Waals surface area contributed by atoms with Crippen LogP contribution in [0.2, 0.25) is 0 Å². The molecule has 0 saturated carbocycles. The minimum Gasteiger partial charge on any atom is -0.398 e. The molecule has 4 N–H and O–H groups in total. The van der Waals surface area contributed by atoms with E-state index in [0.717, 1.165) is 0 Å². The van der Waals surface area contributed by atoms with E-state index in [-0.39, 0.29) is 0 Å². The van der Waals surface area contributed by atoms with E-state index in [1.807, 2.05) is 0 Å². The van der Waals surface area contributed by atoms with Gasteiger partial charge in [-0.25, -0.2) is 0 Å². The normalized spacial score (nSPS) is 12.8. The van der Waals surface area contributed by atoms with Crippen molar-refractivity contribution in [2.24, 2.45) is 0 Å². The van der Waals surface area contributed by atoms with Crippen LogP contribution < -0.4 is 5.73 Å². The molecule has 1 aromatic carbocycles. The summed E-state index contributed by atoms with van der Waals surface area (Å²) < 4.78 is 11.7. The van der Waals surface area contributed by atoms with E-state index in [4.69, 9.17) is 5.73 Å². The van der Waals surface area contributed by atoms with E-state index in [9.17, 15) is 14.4 Å². The third-order valence-electron chi connectivity index (χ3n) is 3.19. The number of anilines is 1. The number of hydrogen-bond acceptors (Lipinski definition) is 2. The Labute approximate surface area is 95.6 Å². The Morgan fingerprint density at radius 3 is 2.12 bits per heavy atom. The molecule has 90 valence electrons. The second-order valence-corrected chi connectivity index (χ2v) is 5.81. The zero-order valence-electron chi connectivity index (χ0n) is 9.55. The maximum Gasteiger partial charge on any atom is 0.336 e. The summed E-state index contributed by atoms with van der Waals surface area (Å²) in [6.07, 6.45) is 0.726. The predicted octanol–water partition coefficient (Wildman–Crippen LogP) is 2.46. The van der Waals surface area contributed by atoms with Crippen LogP contribution in [0, 0.1) is 0 Å². The lowest BCUT2D eigenvalue weighted by Gasteiger charge is -2.33. The number of hydrogen-bond donors (Lipinski definition) is 3. The maximum absolute atomic E-state index is 11.7. The van der Waals surface area contributed by atoms with Crippen LogP contribution in [0.25, 0.3) is 0 Å². The molecule has 0 aliphatic carbocycles. The van der Waals surface area contributed by atoms with E-state index < -0.39 is 12.8 Å². The molecule has 1 rings (SSSR count).